The zero-order valence-electron chi connectivity index (χ0n) is 13.3. The molecule has 1 amide bonds. The fourth-order valence-electron chi connectivity index (χ4n) is 2.30. The average molecular weight is 316 g/mol. The van der Waals surface area contributed by atoms with Crippen LogP contribution in [0.2, 0.25) is 0 Å². The maximum Gasteiger partial charge on any atom is 0.325 e. The lowest BCUT2D eigenvalue weighted by atomic mass is 10.1. The van der Waals surface area contributed by atoms with E-state index in [1.807, 2.05) is 30.3 Å². The molecule has 0 N–H and O–H groups in total. The highest BCUT2D eigenvalue weighted by molar-refractivity contribution is 5.89. The maximum absolute atomic E-state index is 12.5. The molecule has 23 heavy (non-hydrogen) atoms. The van der Waals surface area contributed by atoms with E-state index >= 15 is 0 Å². The highest BCUT2D eigenvalue weighted by Gasteiger charge is 2.18. The van der Waals surface area contributed by atoms with Gasteiger partial charge < -0.3 is 14.4 Å². The van der Waals surface area contributed by atoms with Crippen LogP contribution in [0.15, 0.2) is 36.5 Å². The number of nitrogens with zero attached hydrogens (tertiary/aromatic N) is 2. The van der Waals surface area contributed by atoms with Gasteiger partial charge in [-0.05, 0) is 11.6 Å². The number of rotatable bonds is 7. The molecule has 0 spiro atoms. The van der Waals surface area contributed by atoms with Crippen molar-refractivity contribution >= 4 is 22.8 Å². The Labute approximate surface area is 135 Å². The summed E-state index contributed by atoms with van der Waals surface area (Å²) in [5.41, 5.74) is 1.63. The summed E-state index contributed by atoms with van der Waals surface area (Å²) in [4.78, 5) is 29.8. The number of para-hydroxylation sites is 1. The molecule has 0 radical (unpaired) electrons. The lowest BCUT2D eigenvalue weighted by molar-refractivity contribution is -0.147. The van der Waals surface area contributed by atoms with E-state index in [1.54, 1.807) is 13.3 Å². The van der Waals surface area contributed by atoms with Crippen LogP contribution in [0, 0.1) is 0 Å². The molecule has 1 aromatic heterocycles. The van der Waals surface area contributed by atoms with Crippen molar-refractivity contribution in [2.45, 2.75) is 6.42 Å². The first-order valence-electron chi connectivity index (χ1n) is 7.32. The maximum atomic E-state index is 12.5. The number of methoxy groups -OCH3 is 2. The Hall–Kier alpha value is -2.47. The van der Waals surface area contributed by atoms with Crippen molar-refractivity contribution in [3.05, 3.63) is 42.1 Å². The quantitative estimate of drug-likeness (QED) is 0.723. The summed E-state index contributed by atoms with van der Waals surface area (Å²) in [6, 6.07) is 9.53. The molecular weight excluding hydrogens is 296 g/mol. The van der Waals surface area contributed by atoms with Crippen LogP contribution < -0.4 is 0 Å². The van der Waals surface area contributed by atoms with E-state index in [0.29, 0.717) is 13.2 Å². The van der Waals surface area contributed by atoms with Crippen LogP contribution in [0.1, 0.15) is 5.56 Å². The Bertz CT molecular complexity index is 682. The SMILES string of the molecule is COCCN(CC(=O)OC)C(=O)Cc1cccc2cccnc12. The van der Waals surface area contributed by atoms with Gasteiger partial charge in [-0.15, -0.1) is 0 Å². The number of hydrogen-bond donors (Lipinski definition) is 0. The summed E-state index contributed by atoms with van der Waals surface area (Å²) >= 11 is 0. The Morgan fingerprint density at radius 3 is 2.70 bits per heavy atom. The van der Waals surface area contributed by atoms with Gasteiger partial charge in [0.05, 0.1) is 25.7 Å². The minimum Gasteiger partial charge on any atom is -0.468 e. The number of esters is 1. The zero-order valence-corrected chi connectivity index (χ0v) is 13.3. The van der Waals surface area contributed by atoms with E-state index < -0.39 is 5.97 Å². The van der Waals surface area contributed by atoms with Crippen molar-refractivity contribution in [3.63, 3.8) is 0 Å². The smallest absolute Gasteiger partial charge is 0.325 e. The summed E-state index contributed by atoms with van der Waals surface area (Å²) in [6.45, 7) is 0.607. The van der Waals surface area contributed by atoms with Crippen LogP contribution in [0.5, 0.6) is 0 Å². The summed E-state index contributed by atoms with van der Waals surface area (Å²) in [5.74, 6) is -0.615. The van der Waals surface area contributed by atoms with Crippen molar-refractivity contribution < 1.29 is 19.1 Å². The number of benzene rings is 1. The van der Waals surface area contributed by atoms with Crippen molar-refractivity contribution in [1.29, 1.82) is 0 Å². The first-order chi connectivity index (χ1) is 11.2. The van der Waals surface area contributed by atoms with Crippen LogP contribution in [-0.4, -0.2) is 55.7 Å². The summed E-state index contributed by atoms with van der Waals surface area (Å²) < 4.78 is 9.65. The lowest BCUT2D eigenvalue weighted by Gasteiger charge is -2.21. The number of amides is 1. The monoisotopic (exact) mass is 316 g/mol. The first-order valence-corrected chi connectivity index (χ1v) is 7.32. The highest BCUT2D eigenvalue weighted by Crippen LogP contribution is 2.17. The second kappa shape index (κ2) is 8.24. The molecule has 0 saturated carbocycles. The third kappa shape index (κ3) is 4.50. The minimum absolute atomic E-state index is 0.0864. The predicted molar refractivity (Wildman–Crippen MR) is 85.9 cm³/mol. The fraction of sp³-hybridized carbons (Fsp3) is 0.353. The first kappa shape index (κ1) is 16.9. The van der Waals surface area contributed by atoms with Gasteiger partial charge in [0, 0.05) is 25.2 Å². The van der Waals surface area contributed by atoms with Crippen LogP contribution in [0.4, 0.5) is 0 Å². The van der Waals surface area contributed by atoms with Crippen molar-refractivity contribution in [1.82, 2.24) is 9.88 Å². The Morgan fingerprint density at radius 2 is 1.96 bits per heavy atom. The van der Waals surface area contributed by atoms with Crippen LogP contribution >= 0.6 is 0 Å². The average Bonchev–Trinajstić information content (AvgIpc) is 2.58. The van der Waals surface area contributed by atoms with Gasteiger partial charge in [-0.2, -0.15) is 0 Å². The van der Waals surface area contributed by atoms with Gasteiger partial charge in [-0.1, -0.05) is 24.3 Å². The third-order valence-corrected chi connectivity index (χ3v) is 3.52. The molecule has 6 nitrogen and oxygen atoms in total. The Morgan fingerprint density at radius 1 is 1.17 bits per heavy atom. The molecule has 0 bridgehead atoms. The van der Waals surface area contributed by atoms with Crippen LogP contribution in [0.25, 0.3) is 10.9 Å². The van der Waals surface area contributed by atoms with Crippen molar-refractivity contribution in [2.24, 2.45) is 0 Å². The van der Waals surface area contributed by atoms with Gasteiger partial charge in [-0.3, -0.25) is 14.6 Å². The molecule has 0 fully saturated rings. The third-order valence-electron chi connectivity index (χ3n) is 3.52. The molecule has 0 saturated heterocycles. The van der Waals surface area contributed by atoms with E-state index in [0.717, 1.165) is 16.5 Å². The highest BCUT2D eigenvalue weighted by atomic mass is 16.5. The standard InChI is InChI=1S/C17H20N2O4/c1-22-10-9-19(12-16(21)23-2)15(20)11-14-6-3-5-13-7-4-8-18-17(13)14/h3-8H,9-12H2,1-2H3. The second-order valence-corrected chi connectivity index (χ2v) is 5.05. The number of fused-ring (bicyclic) bond motifs is 1. The van der Waals surface area contributed by atoms with Crippen LogP contribution in [-0.2, 0) is 25.5 Å². The topological polar surface area (TPSA) is 68.7 Å². The Balaban J connectivity index is 2.17. The molecule has 2 rings (SSSR count). The number of carbonyl (C=O) groups excluding carboxylic acids is 2. The molecule has 0 aliphatic heterocycles. The molecule has 122 valence electrons. The number of ether oxygens (including phenoxy) is 2. The molecular formula is C17H20N2O4. The van der Waals surface area contributed by atoms with E-state index in [2.05, 4.69) is 9.72 Å². The second-order valence-electron chi connectivity index (χ2n) is 5.05. The minimum atomic E-state index is -0.453. The van der Waals surface area contributed by atoms with Crippen molar-refractivity contribution in [2.75, 3.05) is 33.9 Å². The van der Waals surface area contributed by atoms with E-state index in [-0.39, 0.29) is 18.9 Å². The fourth-order valence-corrected chi connectivity index (χ4v) is 2.30. The molecule has 1 aromatic carbocycles. The van der Waals surface area contributed by atoms with Gasteiger partial charge >= 0.3 is 5.97 Å². The molecule has 2 aromatic rings. The molecule has 6 heteroatoms. The van der Waals surface area contributed by atoms with E-state index in [1.165, 1.54) is 12.0 Å². The van der Waals surface area contributed by atoms with Gasteiger partial charge in [0.15, 0.2) is 0 Å². The number of aromatic nitrogens is 1. The molecule has 0 unspecified atom stereocenters. The number of carbonyl (C=O) groups is 2. The predicted octanol–water partition coefficient (Wildman–Crippen LogP) is 1.43. The van der Waals surface area contributed by atoms with Gasteiger partial charge in [0.1, 0.15) is 6.54 Å². The van der Waals surface area contributed by atoms with E-state index in [9.17, 15) is 9.59 Å². The van der Waals surface area contributed by atoms with Gasteiger partial charge in [-0.25, -0.2) is 0 Å². The van der Waals surface area contributed by atoms with Crippen LogP contribution in [0.3, 0.4) is 0 Å². The molecule has 1 heterocycles. The van der Waals surface area contributed by atoms with E-state index in [4.69, 9.17) is 4.74 Å². The summed E-state index contributed by atoms with van der Waals surface area (Å²) in [5, 5.41) is 0.981. The van der Waals surface area contributed by atoms with Gasteiger partial charge in [0.2, 0.25) is 5.91 Å². The number of hydrogen-bond acceptors (Lipinski definition) is 5. The summed E-state index contributed by atoms with van der Waals surface area (Å²) in [7, 11) is 2.85. The normalized spacial score (nSPS) is 10.5. The van der Waals surface area contributed by atoms with Crippen molar-refractivity contribution in [3.8, 4) is 0 Å². The zero-order chi connectivity index (χ0) is 16.7. The number of pyridine rings is 1. The lowest BCUT2D eigenvalue weighted by Crippen LogP contribution is -2.39. The molecule has 0 aliphatic carbocycles. The summed E-state index contributed by atoms with van der Waals surface area (Å²) in [6.07, 6.45) is 1.88. The molecule has 0 aliphatic rings. The largest absolute Gasteiger partial charge is 0.468 e. The molecule has 0 atom stereocenters. The Kier molecular flexibility index (Phi) is 6.05. The van der Waals surface area contributed by atoms with Gasteiger partial charge in [0.25, 0.3) is 0 Å².